The molecule has 0 aliphatic heterocycles. The summed E-state index contributed by atoms with van der Waals surface area (Å²) in [5.41, 5.74) is 5.27. The highest BCUT2D eigenvalue weighted by Crippen LogP contribution is 2.15. The highest BCUT2D eigenvalue weighted by atomic mass is 28.4. The molecule has 0 aromatic heterocycles. The molecule has 0 radical (unpaired) electrons. The van der Waals surface area contributed by atoms with Gasteiger partial charge in [-0.1, -0.05) is 0 Å². The Kier molecular flexibility index (Phi) is 8.40. The summed E-state index contributed by atoms with van der Waals surface area (Å²) in [6.07, 6.45) is 1.11. The fourth-order valence-electron chi connectivity index (χ4n) is 1.32. The van der Waals surface area contributed by atoms with Crippen LogP contribution < -0.4 is 11.1 Å². The van der Waals surface area contributed by atoms with E-state index in [0.717, 1.165) is 0 Å². The molecule has 1 amide bonds. The Morgan fingerprint density at radius 2 is 1.81 bits per heavy atom. The van der Waals surface area contributed by atoms with E-state index in [0.29, 0.717) is 32.0 Å². The molecule has 7 heteroatoms. The summed E-state index contributed by atoms with van der Waals surface area (Å²) in [7, 11) is 2.17. The van der Waals surface area contributed by atoms with Gasteiger partial charge < -0.3 is 24.3 Å². The molecule has 0 unspecified atom stereocenters. The standard InChI is InChI=1S/C9H22N2O4Si/c1-13-16(14-2,15-3)8-4-5-9(12)11-7-6-10/h4-8,10H2,1-3H3,(H,11,12). The van der Waals surface area contributed by atoms with E-state index < -0.39 is 8.80 Å². The third-order valence-electron chi connectivity index (χ3n) is 2.29. The van der Waals surface area contributed by atoms with Gasteiger partial charge in [-0.05, 0) is 6.42 Å². The van der Waals surface area contributed by atoms with E-state index in [2.05, 4.69) is 5.32 Å². The Hall–Kier alpha value is -0.473. The van der Waals surface area contributed by atoms with E-state index >= 15 is 0 Å². The Morgan fingerprint density at radius 1 is 1.25 bits per heavy atom. The van der Waals surface area contributed by atoms with Gasteiger partial charge in [0.05, 0.1) is 0 Å². The van der Waals surface area contributed by atoms with Gasteiger partial charge in [-0.15, -0.1) is 0 Å². The van der Waals surface area contributed by atoms with Crippen molar-refractivity contribution >= 4 is 14.7 Å². The number of carbonyl (C=O) groups excluding carboxylic acids is 1. The quantitative estimate of drug-likeness (QED) is 0.550. The highest BCUT2D eigenvalue weighted by Gasteiger charge is 2.36. The van der Waals surface area contributed by atoms with Crippen molar-refractivity contribution in [3.05, 3.63) is 0 Å². The molecule has 96 valence electrons. The fourth-order valence-corrected chi connectivity index (χ4v) is 3.04. The average Bonchev–Trinajstić information content (AvgIpc) is 2.33. The van der Waals surface area contributed by atoms with Gasteiger partial charge in [0, 0.05) is 46.9 Å². The number of nitrogens with one attached hydrogen (secondary N) is 1. The molecule has 0 saturated heterocycles. The smallest absolute Gasteiger partial charge is 0.377 e. The molecule has 0 fully saturated rings. The molecule has 0 spiro atoms. The van der Waals surface area contributed by atoms with E-state index in [1.165, 1.54) is 0 Å². The summed E-state index contributed by atoms with van der Waals surface area (Å²) >= 11 is 0. The molecule has 0 atom stereocenters. The van der Waals surface area contributed by atoms with Gasteiger partial charge in [-0.3, -0.25) is 4.79 Å². The molecular formula is C9H22N2O4Si. The first-order valence-corrected chi connectivity index (χ1v) is 7.19. The van der Waals surface area contributed by atoms with E-state index in [4.69, 9.17) is 19.0 Å². The molecular weight excluding hydrogens is 228 g/mol. The Bertz CT molecular complexity index is 192. The van der Waals surface area contributed by atoms with Crippen LogP contribution in [0, 0.1) is 0 Å². The molecule has 0 aliphatic rings. The molecule has 0 aromatic carbocycles. The van der Waals surface area contributed by atoms with Crippen LogP contribution in [0.2, 0.25) is 6.04 Å². The second-order valence-corrected chi connectivity index (χ2v) is 6.38. The van der Waals surface area contributed by atoms with Crippen molar-refractivity contribution in [2.75, 3.05) is 34.4 Å². The average molecular weight is 250 g/mol. The number of hydrogen-bond acceptors (Lipinski definition) is 5. The van der Waals surface area contributed by atoms with Crippen molar-refractivity contribution in [3.63, 3.8) is 0 Å². The third-order valence-corrected chi connectivity index (χ3v) is 5.12. The molecule has 0 aliphatic carbocycles. The second kappa shape index (κ2) is 8.65. The minimum Gasteiger partial charge on any atom is -0.377 e. The number of hydrogen-bond donors (Lipinski definition) is 2. The summed E-state index contributed by atoms with van der Waals surface area (Å²) in [4.78, 5) is 11.3. The summed E-state index contributed by atoms with van der Waals surface area (Å²) < 4.78 is 15.7. The first kappa shape index (κ1) is 15.5. The van der Waals surface area contributed by atoms with Crippen LogP contribution in [0.25, 0.3) is 0 Å². The lowest BCUT2D eigenvalue weighted by Gasteiger charge is -2.24. The highest BCUT2D eigenvalue weighted by molar-refractivity contribution is 6.60. The van der Waals surface area contributed by atoms with Gasteiger partial charge in [0.1, 0.15) is 0 Å². The van der Waals surface area contributed by atoms with E-state index in [9.17, 15) is 4.79 Å². The zero-order chi connectivity index (χ0) is 12.4. The van der Waals surface area contributed by atoms with Crippen molar-refractivity contribution in [1.82, 2.24) is 5.32 Å². The summed E-state index contributed by atoms with van der Waals surface area (Å²) in [5.74, 6) is -0.00309. The van der Waals surface area contributed by atoms with E-state index in [-0.39, 0.29) is 5.91 Å². The third kappa shape index (κ3) is 5.57. The lowest BCUT2D eigenvalue weighted by molar-refractivity contribution is -0.121. The maximum absolute atomic E-state index is 11.3. The van der Waals surface area contributed by atoms with Gasteiger partial charge in [0.2, 0.25) is 5.91 Å². The Morgan fingerprint density at radius 3 is 2.25 bits per heavy atom. The van der Waals surface area contributed by atoms with Gasteiger partial charge in [0.25, 0.3) is 0 Å². The predicted molar refractivity (Wildman–Crippen MR) is 62.9 cm³/mol. The van der Waals surface area contributed by atoms with Gasteiger partial charge in [-0.2, -0.15) is 0 Å². The normalized spacial score (nSPS) is 11.5. The number of nitrogens with two attached hydrogens (primary N) is 1. The van der Waals surface area contributed by atoms with Gasteiger partial charge in [-0.25, -0.2) is 0 Å². The van der Waals surface area contributed by atoms with Gasteiger partial charge >= 0.3 is 8.80 Å². The van der Waals surface area contributed by atoms with Crippen LogP contribution in [0.1, 0.15) is 12.8 Å². The zero-order valence-electron chi connectivity index (χ0n) is 10.2. The molecule has 0 heterocycles. The largest absolute Gasteiger partial charge is 0.500 e. The van der Waals surface area contributed by atoms with Crippen LogP contribution in [0.15, 0.2) is 0 Å². The number of rotatable bonds is 9. The second-order valence-electron chi connectivity index (χ2n) is 3.29. The van der Waals surface area contributed by atoms with Crippen LogP contribution in [0.3, 0.4) is 0 Å². The SMILES string of the molecule is CO[Si](CCCC(=O)NCCN)(OC)OC. The topological polar surface area (TPSA) is 82.8 Å². The van der Waals surface area contributed by atoms with Crippen LogP contribution in [0.4, 0.5) is 0 Å². The van der Waals surface area contributed by atoms with E-state index in [1.54, 1.807) is 21.3 Å². The van der Waals surface area contributed by atoms with Crippen LogP contribution >= 0.6 is 0 Å². The molecule has 0 bridgehead atoms. The van der Waals surface area contributed by atoms with Crippen molar-refractivity contribution in [2.24, 2.45) is 5.73 Å². The van der Waals surface area contributed by atoms with Crippen molar-refractivity contribution < 1.29 is 18.1 Å². The fraction of sp³-hybridized carbons (Fsp3) is 0.889. The summed E-state index contributed by atoms with van der Waals surface area (Å²) in [5, 5.41) is 2.70. The van der Waals surface area contributed by atoms with Crippen molar-refractivity contribution in [2.45, 2.75) is 18.9 Å². The lowest BCUT2D eigenvalue weighted by Crippen LogP contribution is -2.42. The summed E-state index contributed by atoms with van der Waals surface area (Å²) in [6, 6.07) is 0.631. The molecule has 0 aromatic rings. The number of amides is 1. The first-order valence-electron chi connectivity index (χ1n) is 5.26. The van der Waals surface area contributed by atoms with Gasteiger partial charge in [0.15, 0.2) is 0 Å². The van der Waals surface area contributed by atoms with Crippen LogP contribution in [-0.4, -0.2) is 49.1 Å². The molecule has 6 nitrogen and oxygen atoms in total. The lowest BCUT2D eigenvalue weighted by atomic mass is 10.3. The minimum atomic E-state index is -2.52. The van der Waals surface area contributed by atoms with Crippen LogP contribution in [-0.2, 0) is 18.1 Å². The summed E-state index contributed by atoms with van der Waals surface area (Å²) in [6.45, 7) is 0.971. The maximum atomic E-state index is 11.3. The Labute approximate surface area is 97.8 Å². The first-order chi connectivity index (χ1) is 7.64. The van der Waals surface area contributed by atoms with E-state index in [1.807, 2.05) is 0 Å². The molecule has 16 heavy (non-hydrogen) atoms. The number of carbonyl (C=O) groups is 1. The zero-order valence-corrected chi connectivity index (χ0v) is 11.2. The molecule has 0 saturated carbocycles. The predicted octanol–water partition coefficient (Wildman–Crippen LogP) is -0.280. The maximum Gasteiger partial charge on any atom is 0.500 e. The molecule has 0 rings (SSSR count). The van der Waals surface area contributed by atoms with Crippen molar-refractivity contribution in [1.29, 1.82) is 0 Å². The minimum absolute atomic E-state index is 0.00309. The Balaban J connectivity index is 3.81. The monoisotopic (exact) mass is 250 g/mol. The van der Waals surface area contributed by atoms with Crippen molar-refractivity contribution in [3.8, 4) is 0 Å². The van der Waals surface area contributed by atoms with Crippen LogP contribution in [0.5, 0.6) is 0 Å². The molecule has 3 N–H and O–H groups in total.